The van der Waals surface area contributed by atoms with Crippen LogP contribution < -0.4 is 5.32 Å². The Morgan fingerprint density at radius 3 is 2.23 bits per heavy atom. The number of carboxylic acid groups (broad SMARTS) is 1. The van der Waals surface area contributed by atoms with Crippen LogP contribution in [0.25, 0.3) is 11.1 Å². The fraction of sp³-hybridized carbons (Fsp3) is 0.259. The predicted octanol–water partition coefficient (Wildman–Crippen LogP) is 4.52. The summed E-state index contributed by atoms with van der Waals surface area (Å²) in [5, 5.41) is 11.6. The number of carbonyl (C=O) groups is 3. The van der Waals surface area contributed by atoms with Gasteiger partial charge < -0.3 is 14.7 Å². The molecule has 0 atom stereocenters. The molecule has 1 fully saturated rings. The first-order valence-electron chi connectivity index (χ1n) is 11.6. The van der Waals surface area contributed by atoms with Crippen LogP contribution in [0, 0.1) is 0 Å². The Hall–Kier alpha value is -4.20. The van der Waals surface area contributed by atoms with E-state index in [9.17, 15) is 14.4 Å². The molecule has 2 aliphatic carbocycles. The molecule has 2 N–H and O–H groups in total. The molecule has 1 aromatic heterocycles. The number of aromatic nitrogens is 1. The van der Waals surface area contributed by atoms with Crippen molar-refractivity contribution in [3.63, 3.8) is 0 Å². The van der Waals surface area contributed by atoms with Crippen LogP contribution in [0.15, 0.2) is 66.7 Å². The fourth-order valence-electron chi connectivity index (χ4n) is 4.56. The van der Waals surface area contributed by atoms with E-state index in [2.05, 4.69) is 22.4 Å². The minimum atomic E-state index is -0.956. The maximum absolute atomic E-state index is 12.9. The van der Waals surface area contributed by atoms with Gasteiger partial charge in [0.1, 0.15) is 18.1 Å². The minimum Gasteiger partial charge on any atom is -0.481 e. The number of aliphatic carboxylic acids is 1. The van der Waals surface area contributed by atoms with E-state index in [0.29, 0.717) is 0 Å². The number of rotatable bonds is 8. The van der Waals surface area contributed by atoms with Crippen molar-refractivity contribution in [2.75, 3.05) is 18.5 Å². The molecule has 3 aromatic rings. The van der Waals surface area contributed by atoms with Crippen molar-refractivity contribution in [2.45, 2.75) is 31.2 Å². The van der Waals surface area contributed by atoms with E-state index in [1.54, 1.807) is 23.1 Å². The molecule has 1 saturated carbocycles. The van der Waals surface area contributed by atoms with Crippen LogP contribution in [0.1, 0.15) is 46.8 Å². The van der Waals surface area contributed by atoms with Crippen molar-refractivity contribution >= 4 is 23.8 Å². The lowest BCUT2D eigenvalue weighted by Gasteiger charge is -2.21. The topological polar surface area (TPSA) is 109 Å². The highest BCUT2D eigenvalue weighted by molar-refractivity contribution is 5.94. The maximum atomic E-state index is 12.9. The Morgan fingerprint density at radius 1 is 0.943 bits per heavy atom. The van der Waals surface area contributed by atoms with E-state index in [1.807, 2.05) is 36.4 Å². The summed E-state index contributed by atoms with van der Waals surface area (Å²) >= 11 is 0. The lowest BCUT2D eigenvalue weighted by molar-refractivity contribution is -0.137. The Labute approximate surface area is 202 Å². The summed E-state index contributed by atoms with van der Waals surface area (Å²) in [5.41, 5.74) is 4.68. The number of carbonyl (C=O) groups excluding carboxylic acids is 2. The van der Waals surface area contributed by atoms with E-state index in [1.165, 1.54) is 0 Å². The van der Waals surface area contributed by atoms with Gasteiger partial charge in [0.15, 0.2) is 0 Å². The quantitative estimate of drug-likeness (QED) is 0.500. The zero-order valence-corrected chi connectivity index (χ0v) is 19.0. The molecular weight excluding hydrogens is 446 g/mol. The molecule has 0 aliphatic heterocycles. The van der Waals surface area contributed by atoms with Crippen LogP contribution in [-0.2, 0) is 9.53 Å². The number of amides is 2. The van der Waals surface area contributed by atoms with Crippen LogP contribution in [0.3, 0.4) is 0 Å². The van der Waals surface area contributed by atoms with Crippen LogP contribution in [0.2, 0.25) is 0 Å². The van der Waals surface area contributed by atoms with Crippen molar-refractivity contribution in [1.29, 1.82) is 0 Å². The summed E-state index contributed by atoms with van der Waals surface area (Å²) in [5.74, 6) is -1.16. The smallest absolute Gasteiger partial charge is 0.412 e. The molecule has 5 rings (SSSR count). The SMILES string of the molecule is O=C(O)CCN(C(=O)c1cccc(NC(=O)OCC2c3ccccc3-c3ccccc32)n1)C1CC1. The van der Waals surface area contributed by atoms with Crippen molar-refractivity contribution in [1.82, 2.24) is 9.88 Å². The van der Waals surface area contributed by atoms with E-state index in [0.717, 1.165) is 35.1 Å². The monoisotopic (exact) mass is 471 g/mol. The van der Waals surface area contributed by atoms with Gasteiger partial charge in [0.2, 0.25) is 0 Å². The molecular formula is C27H25N3O5. The summed E-state index contributed by atoms with van der Waals surface area (Å²) in [4.78, 5) is 42.3. The van der Waals surface area contributed by atoms with E-state index in [4.69, 9.17) is 9.84 Å². The third-order valence-corrected chi connectivity index (χ3v) is 6.36. The molecule has 0 radical (unpaired) electrons. The van der Waals surface area contributed by atoms with E-state index >= 15 is 0 Å². The summed E-state index contributed by atoms with van der Waals surface area (Å²) in [6.45, 7) is 0.299. The number of nitrogens with one attached hydrogen (secondary N) is 1. The number of anilines is 1. The average molecular weight is 472 g/mol. The second-order valence-corrected chi connectivity index (χ2v) is 8.73. The highest BCUT2D eigenvalue weighted by atomic mass is 16.5. The van der Waals surface area contributed by atoms with Gasteiger partial charge in [-0.25, -0.2) is 9.78 Å². The van der Waals surface area contributed by atoms with Gasteiger partial charge in [-0.3, -0.25) is 14.9 Å². The fourth-order valence-corrected chi connectivity index (χ4v) is 4.56. The number of pyridine rings is 1. The molecule has 8 nitrogen and oxygen atoms in total. The number of benzene rings is 2. The zero-order chi connectivity index (χ0) is 24.4. The molecule has 178 valence electrons. The van der Waals surface area contributed by atoms with Crippen molar-refractivity contribution < 1.29 is 24.2 Å². The molecule has 0 spiro atoms. The van der Waals surface area contributed by atoms with Crippen molar-refractivity contribution in [3.05, 3.63) is 83.6 Å². The van der Waals surface area contributed by atoms with Gasteiger partial charge >= 0.3 is 12.1 Å². The molecule has 8 heteroatoms. The van der Waals surface area contributed by atoms with Gasteiger partial charge in [0, 0.05) is 18.5 Å². The van der Waals surface area contributed by atoms with Crippen molar-refractivity contribution in [2.24, 2.45) is 0 Å². The number of carboxylic acids is 1. The minimum absolute atomic E-state index is 0.0439. The number of nitrogens with zero attached hydrogens (tertiary/aromatic N) is 2. The van der Waals surface area contributed by atoms with Crippen LogP contribution in [-0.4, -0.2) is 52.2 Å². The highest BCUT2D eigenvalue weighted by Gasteiger charge is 2.34. The first-order valence-corrected chi connectivity index (χ1v) is 11.6. The lowest BCUT2D eigenvalue weighted by Crippen LogP contribution is -2.35. The second-order valence-electron chi connectivity index (χ2n) is 8.73. The summed E-state index contributed by atoms with van der Waals surface area (Å²) < 4.78 is 5.55. The Balaban J connectivity index is 1.24. The average Bonchev–Trinajstić information content (AvgIpc) is 3.65. The molecule has 2 aromatic carbocycles. The summed E-state index contributed by atoms with van der Waals surface area (Å²) in [6, 6.07) is 21.0. The molecule has 0 saturated heterocycles. The molecule has 35 heavy (non-hydrogen) atoms. The predicted molar refractivity (Wildman–Crippen MR) is 129 cm³/mol. The van der Waals surface area contributed by atoms with Crippen LogP contribution in [0.4, 0.5) is 10.6 Å². The molecule has 0 bridgehead atoms. The highest BCUT2D eigenvalue weighted by Crippen LogP contribution is 2.44. The largest absolute Gasteiger partial charge is 0.481 e. The van der Waals surface area contributed by atoms with Crippen molar-refractivity contribution in [3.8, 4) is 11.1 Å². The zero-order valence-electron chi connectivity index (χ0n) is 19.0. The third-order valence-electron chi connectivity index (χ3n) is 6.36. The Kier molecular flexibility index (Phi) is 6.18. The molecule has 2 aliphatic rings. The standard InChI is InChI=1S/C27H25N3O5/c31-25(32)14-15-30(17-12-13-17)26(33)23-10-5-11-24(28-23)29-27(34)35-16-22-20-8-3-1-6-18(20)19-7-2-4-9-21(19)22/h1-11,17,22H,12-16H2,(H,31,32)(H,28,29,34). The normalized spacial score (nSPS) is 14.1. The molecule has 0 unspecified atom stereocenters. The molecule has 1 heterocycles. The molecule has 2 amide bonds. The van der Waals surface area contributed by atoms with Gasteiger partial charge in [-0.2, -0.15) is 0 Å². The van der Waals surface area contributed by atoms with Gasteiger partial charge in [-0.15, -0.1) is 0 Å². The first-order chi connectivity index (χ1) is 17.0. The van der Waals surface area contributed by atoms with Gasteiger partial charge in [-0.05, 0) is 47.2 Å². The van der Waals surface area contributed by atoms with Gasteiger partial charge in [0.05, 0.1) is 6.42 Å². The van der Waals surface area contributed by atoms with E-state index < -0.39 is 12.1 Å². The second kappa shape index (κ2) is 9.58. The maximum Gasteiger partial charge on any atom is 0.412 e. The van der Waals surface area contributed by atoms with Gasteiger partial charge in [0.25, 0.3) is 5.91 Å². The number of fused-ring (bicyclic) bond motifs is 3. The van der Waals surface area contributed by atoms with E-state index in [-0.39, 0.29) is 49.0 Å². The first kappa shape index (κ1) is 22.6. The summed E-state index contributed by atoms with van der Waals surface area (Å²) in [6.07, 6.45) is 0.917. The van der Waals surface area contributed by atoms with Gasteiger partial charge in [-0.1, -0.05) is 54.6 Å². The lowest BCUT2D eigenvalue weighted by atomic mass is 9.98. The number of hydrogen-bond donors (Lipinski definition) is 2. The Bertz CT molecular complexity index is 1240. The van der Waals surface area contributed by atoms with Crippen LogP contribution >= 0.6 is 0 Å². The number of ether oxygens (including phenoxy) is 1. The Morgan fingerprint density at radius 2 is 1.60 bits per heavy atom. The third kappa shape index (κ3) is 4.87. The van der Waals surface area contributed by atoms with Crippen LogP contribution in [0.5, 0.6) is 0 Å². The summed E-state index contributed by atoms with van der Waals surface area (Å²) in [7, 11) is 0. The number of hydrogen-bond acceptors (Lipinski definition) is 5.